The standard InChI is InChI=1S/C23H23ClN2O2/c24-19-11-6-12-20(16-19)25-17-23(27)26-21-13-4-5-14-22(21)28-15-7-10-18-8-2-1-3-9-18/h1-6,8-9,11-14,16,25H,7,10,15,17H2,(H,26,27). The van der Waals surface area contributed by atoms with Gasteiger partial charge in [-0.15, -0.1) is 0 Å². The Balaban J connectivity index is 1.48. The van der Waals surface area contributed by atoms with E-state index in [1.165, 1.54) is 5.56 Å². The minimum absolute atomic E-state index is 0.142. The summed E-state index contributed by atoms with van der Waals surface area (Å²) in [6, 6.07) is 25.1. The molecule has 144 valence electrons. The second-order valence-electron chi connectivity index (χ2n) is 6.35. The van der Waals surface area contributed by atoms with Crippen molar-refractivity contribution in [2.75, 3.05) is 23.8 Å². The number of carbonyl (C=O) groups excluding carboxylic acids is 1. The maximum atomic E-state index is 12.3. The molecular weight excluding hydrogens is 372 g/mol. The lowest BCUT2D eigenvalue weighted by molar-refractivity contribution is -0.114. The maximum Gasteiger partial charge on any atom is 0.243 e. The molecule has 0 bridgehead atoms. The fourth-order valence-electron chi connectivity index (χ4n) is 2.77. The van der Waals surface area contributed by atoms with Crippen LogP contribution in [-0.2, 0) is 11.2 Å². The summed E-state index contributed by atoms with van der Waals surface area (Å²) in [5.41, 5.74) is 2.76. The molecule has 0 atom stereocenters. The van der Waals surface area contributed by atoms with Crippen LogP contribution in [0.5, 0.6) is 5.75 Å². The molecular formula is C23H23ClN2O2. The number of hydrogen-bond donors (Lipinski definition) is 2. The van der Waals surface area contributed by atoms with Gasteiger partial charge in [0, 0.05) is 10.7 Å². The van der Waals surface area contributed by atoms with Crippen LogP contribution in [0.25, 0.3) is 0 Å². The number of aryl methyl sites for hydroxylation is 1. The van der Waals surface area contributed by atoms with Crippen molar-refractivity contribution in [2.45, 2.75) is 12.8 Å². The van der Waals surface area contributed by atoms with Crippen LogP contribution in [0.2, 0.25) is 5.02 Å². The molecule has 28 heavy (non-hydrogen) atoms. The van der Waals surface area contributed by atoms with E-state index >= 15 is 0 Å². The van der Waals surface area contributed by atoms with E-state index in [0.29, 0.717) is 23.1 Å². The molecule has 0 saturated carbocycles. The van der Waals surface area contributed by atoms with Gasteiger partial charge in [0.2, 0.25) is 5.91 Å². The molecule has 0 saturated heterocycles. The Kier molecular flexibility index (Phi) is 7.33. The third-order valence-electron chi connectivity index (χ3n) is 4.15. The minimum Gasteiger partial charge on any atom is -0.491 e. The number of nitrogens with one attached hydrogen (secondary N) is 2. The lowest BCUT2D eigenvalue weighted by atomic mass is 10.1. The van der Waals surface area contributed by atoms with Crippen molar-refractivity contribution in [2.24, 2.45) is 0 Å². The first-order valence-corrected chi connectivity index (χ1v) is 9.63. The third-order valence-corrected chi connectivity index (χ3v) is 4.38. The third kappa shape index (κ3) is 6.32. The van der Waals surface area contributed by atoms with Gasteiger partial charge in [0.1, 0.15) is 5.75 Å². The van der Waals surface area contributed by atoms with Crippen LogP contribution < -0.4 is 15.4 Å². The van der Waals surface area contributed by atoms with E-state index in [0.717, 1.165) is 18.5 Å². The average molecular weight is 395 g/mol. The van der Waals surface area contributed by atoms with E-state index in [4.69, 9.17) is 16.3 Å². The summed E-state index contributed by atoms with van der Waals surface area (Å²) in [4.78, 5) is 12.3. The molecule has 0 radical (unpaired) electrons. The van der Waals surface area contributed by atoms with Crippen LogP contribution in [0.1, 0.15) is 12.0 Å². The van der Waals surface area contributed by atoms with Gasteiger partial charge in [-0.05, 0) is 48.7 Å². The van der Waals surface area contributed by atoms with Crippen molar-refractivity contribution in [3.05, 3.63) is 89.4 Å². The monoisotopic (exact) mass is 394 g/mol. The number of benzene rings is 3. The predicted molar refractivity (Wildman–Crippen MR) is 115 cm³/mol. The summed E-state index contributed by atoms with van der Waals surface area (Å²) in [5, 5.41) is 6.58. The molecule has 0 aliphatic carbocycles. The molecule has 0 unspecified atom stereocenters. The van der Waals surface area contributed by atoms with Crippen molar-refractivity contribution in [3.8, 4) is 5.75 Å². The molecule has 0 aliphatic rings. The van der Waals surface area contributed by atoms with Gasteiger partial charge in [-0.3, -0.25) is 4.79 Å². The van der Waals surface area contributed by atoms with Crippen LogP contribution in [0.15, 0.2) is 78.9 Å². The number of ether oxygens (including phenoxy) is 1. The van der Waals surface area contributed by atoms with E-state index in [1.807, 2.05) is 54.6 Å². The zero-order chi connectivity index (χ0) is 19.6. The van der Waals surface area contributed by atoms with E-state index in [2.05, 4.69) is 22.8 Å². The Morgan fingerprint density at radius 3 is 2.54 bits per heavy atom. The predicted octanol–water partition coefficient (Wildman–Crippen LogP) is 5.40. The number of carbonyl (C=O) groups is 1. The SMILES string of the molecule is O=C(CNc1cccc(Cl)c1)Nc1ccccc1OCCCc1ccccc1. The fraction of sp³-hybridized carbons (Fsp3) is 0.174. The van der Waals surface area contributed by atoms with Crippen molar-refractivity contribution in [3.63, 3.8) is 0 Å². The molecule has 4 nitrogen and oxygen atoms in total. The van der Waals surface area contributed by atoms with E-state index < -0.39 is 0 Å². The first kappa shape index (κ1) is 19.8. The molecule has 5 heteroatoms. The Labute approximate surface area is 170 Å². The molecule has 0 aromatic heterocycles. The smallest absolute Gasteiger partial charge is 0.243 e. The Morgan fingerprint density at radius 1 is 0.929 bits per heavy atom. The zero-order valence-electron chi connectivity index (χ0n) is 15.5. The lowest BCUT2D eigenvalue weighted by Gasteiger charge is -2.13. The van der Waals surface area contributed by atoms with E-state index in [1.54, 1.807) is 12.1 Å². The largest absolute Gasteiger partial charge is 0.491 e. The van der Waals surface area contributed by atoms with Crippen LogP contribution >= 0.6 is 11.6 Å². The van der Waals surface area contributed by atoms with Gasteiger partial charge < -0.3 is 15.4 Å². The van der Waals surface area contributed by atoms with Gasteiger partial charge in [0.15, 0.2) is 0 Å². The highest BCUT2D eigenvalue weighted by Crippen LogP contribution is 2.24. The second kappa shape index (κ2) is 10.4. The molecule has 0 spiro atoms. The quantitative estimate of drug-likeness (QED) is 0.477. The summed E-state index contributed by atoms with van der Waals surface area (Å²) >= 11 is 5.95. The lowest BCUT2D eigenvalue weighted by Crippen LogP contribution is -2.22. The zero-order valence-corrected chi connectivity index (χ0v) is 16.3. The number of rotatable bonds is 9. The summed E-state index contributed by atoms with van der Waals surface area (Å²) in [7, 11) is 0. The fourth-order valence-corrected chi connectivity index (χ4v) is 2.96. The topological polar surface area (TPSA) is 50.4 Å². The Morgan fingerprint density at radius 2 is 1.71 bits per heavy atom. The highest BCUT2D eigenvalue weighted by atomic mass is 35.5. The summed E-state index contributed by atoms with van der Waals surface area (Å²) in [5.74, 6) is 0.520. The normalized spacial score (nSPS) is 10.3. The van der Waals surface area contributed by atoms with Gasteiger partial charge in [0.05, 0.1) is 18.8 Å². The molecule has 0 heterocycles. The van der Waals surface area contributed by atoms with Crippen molar-refractivity contribution < 1.29 is 9.53 Å². The van der Waals surface area contributed by atoms with Crippen LogP contribution in [-0.4, -0.2) is 19.1 Å². The molecule has 1 amide bonds. The van der Waals surface area contributed by atoms with Gasteiger partial charge in [-0.1, -0.05) is 60.1 Å². The van der Waals surface area contributed by atoms with Crippen LogP contribution in [0.4, 0.5) is 11.4 Å². The first-order chi connectivity index (χ1) is 13.7. The van der Waals surface area contributed by atoms with Gasteiger partial charge in [-0.2, -0.15) is 0 Å². The van der Waals surface area contributed by atoms with Crippen molar-refractivity contribution >= 4 is 28.9 Å². The van der Waals surface area contributed by atoms with Crippen molar-refractivity contribution in [1.29, 1.82) is 0 Å². The molecule has 3 aromatic rings. The number of hydrogen-bond acceptors (Lipinski definition) is 3. The molecule has 0 fully saturated rings. The molecule has 3 aromatic carbocycles. The molecule has 2 N–H and O–H groups in total. The van der Waals surface area contributed by atoms with Gasteiger partial charge >= 0.3 is 0 Å². The van der Waals surface area contributed by atoms with Gasteiger partial charge in [0.25, 0.3) is 0 Å². The maximum absolute atomic E-state index is 12.3. The summed E-state index contributed by atoms with van der Waals surface area (Å²) < 4.78 is 5.89. The van der Waals surface area contributed by atoms with Gasteiger partial charge in [-0.25, -0.2) is 0 Å². The van der Waals surface area contributed by atoms with E-state index in [-0.39, 0.29) is 12.5 Å². The Bertz CT molecular complexity index is 900. The Hall–Kier alpha value is -2.98. The molecule has 3 rings (SSSR count). The van der Waals surface area contributed by atoms with Crippen molar-refractivity contribution in [1.82, 2.24) is 0 Å². The van der Waals surface area contributed by atoms with E-state index in [9.17, 15) is 4.79 Å². The number of anilines is 2. The number of amides is 1. The minimum atomic E-state index is -0.152. The number of para-hydroxylation sites is 2. The summed E-state index contributed by atoms with van der Waals surface area (Å²) in [6.45, 7) is 0.727. The molecule has 0 aliphatic heterocycles. The second-order valence-corrected chi connectivity index (χ2v) is 6.78. The van der Waals surface area contributed by atoms with Crippen LogP contribution in [0.3, 0.4) is 0 Å². The highest BCUT2D eigenvalue weighted by Gasteiger charge is 2.08. The number of halogens is 1. The van der Waals surface area contributed by atoms with Crippen LogP contribution in [0, 0.1) is 0 Å². The summed E-state index contributed by atoms with van der Waals surface area (Å²) in [6.07, 6.45) is 1.86. The first-order valence-electron chi connectivity index (χ1n) is 9.26. The average Bonchev–Trinajstić information content (AvgIpc) is 2.72. The highest BCUT2D eigenvalue weighted by molar-refractivity contribution is 6.30.